The molecule has 0 aliphatic heterocycles. The van der Waals surface area contributed by atoms with E-state index in [1.54, 1.807) is 7.11 Å². The van der Waals surface area contributed by atoms with Crippen LogP contribution in [0.2, 0.25) is 0 Å². The standard InChI is InChI=1S/C12H20O2/c1-12(2)6-9-10(12)5-4-8(7-14-3)11(9)13/h8-10H,4-7H2,1-3H3/t8?,9-,10-/m1/s1. The summed E-state index contributed by atoms with van der Waals surface area (Å²) < 4.78 is 5.09. The third-order valence-electron chi connectivity index (χ3n) is 4.20. The van der Waals surface area contributed by atoms with Crippen molar-refractivity contribution in [1.82, 2.24) is 0 Å². The molecule has 2 aliphatic rings. The van der Waals surface area contributed by atoms with Crippen LogP contribution in [0.15, 0.2) is 0 Å². The van der Waals surface area contributed by atoms with Crippen LogP contribution in [-0.2, 0) is 9.53 Å². The molecule has 0 heterocycles. The van der Waals surface area contributed by atoms with Crippen molar-refractivity contribution in [3.05, 3.63) is 0 Å². The third kappa shape index (κ3) is 1.40. The van der Waals surface area contributed by atoms with Gasteiger partial charge in [-0.25, -0.2) is 0 Å². The predicted molar refractivity (Wildman–Crippen MR) is 55.0 cm³/mol. The van der Waals surface area contributed by atoms with Crippen molar-refractivity contribution in [2.45, 2.75) is 33.1 Å². The zero-order valence-electron chi connectivity index (χ0n) is 9.38. The summed E-state index contributed by atoms with van der Waals surface area (Å²) >= 11 is 0. The van der Waals surface area contributed by atoms with Crippen LogP contribution in [0.1, 0.15) is 33.1 Å². The smallest absolute Gasteiger partial charge is 0.141 e. The summed E-state index contributed by atoms with van der Waals surface area (Å²) in [5.74, 6) is 1.68. The second kappa shape index (κ2) is 3.34. The van der Waals surface area contributed by atoms with Crippen molar-refractivity contribution in [3.63, 3.8) is 0 Å². The molecule has 0 N–H and O–H groups in total. The summed E-state index contributed by atoms with van der Waals surface area (Å²) in [6.45, 7) is 5.21. The Hall–Kier alpha value is -0.370. The number of rotatable bonds is 2. The first kappa shape index (κ1) is 10.2. The monoisotopic (exact) mass is 196 g/mol. The minimum absolute atomic E-state index is 0.192. The van der Waals surface area contributed by atoms with Gasteiger partial charge in [-0.3, -0.25) is 4.79 Å². The fourth-order valence-corrected chi connectivity index (χ4v) is 3.33. The van der Waals surface area contributed by atoms with Crippen molar-refractivity contribution in [1.29, 1.82) is 0 Å². The van der Waals surface area contributed by atoms with Gasteiger partial charge in [-0.15, -0.1) is 0 Å². The van der Waals surface area contributed by atoms with Crippen LogP contribution in [0.25, 0.3) is 0 Å². The average molecular weight is 196 g/mol. The summed E-state index contributed by atoms with van der Waals surface area (Å²) in [5.41, 5.74) is 0.415. The van der Waals surface area contributed by atoms with Gasteiger partial charge in [0.25, 0.3) is 0 Å². The van der Waals surface area contributed by atoms with E-state index in [1.807, 2.05) is 0 Å². The Morgan fingerprint density at radius 2 is 2.14 bits per heavy atom. The highest BCUT2D eigenvalue weighted by Gasteiger charge is 2.53. The van der Waals surface area contributed by atoms with Crippen LogP contribution in [0, 0.1) is 23.2 Å². The number of Topliss-reactive ketones (excluding diaryl/α,β-unsaturated/α-hetero) is 1. The van der Waals surface area contributed by atoms with Crippen molar-refractivity contribution < 1.29 is 9.53 Å². The van der Waals surface area contributed by atoms with E-state index >= 15 is 0 Å². The maximum absolute atomic E-state index is 12.0. The molecule has 0 aromatic carbocycles. The fourth-order valence-electron chi connectivity index (χ4n) is 3.33. The minimum atomic E-state index is 0.192. The number of hydrogen-bond donors (Lipinski definition) is 0. The van der Waals surface area contributed by atoms with Gasteiger partial charge in [0.05, 0.1) is 6.61 Å². The molecule has 80 valence electrons. The summed E-state index contributed by atoms with van der Waals surface area (Å²) in [4.78, 5) is 12.0. The lowest BCUT2D eigenvalue weighted by Gasteiger charge is -2.54. The summed E-state index contributed by atoms with van der Waals surface area (Å²) in [6, 6.07) is 0. The van der Waals surface area contributed by atoms with Gasteiger partial charge in [-0.1, -0.05) is 13.8 Å². The van der Waals surface area contributed by atoms with Crippen LogP contribution < -0.4 is 0 Å². The van der Waals surface area contributed by atoms with Crippen molar-refractivity contribution >= 4 is 5.78 Å². The number of ketones is 1. The number of fused-ring (bicyclic) bond motifs is 1. The van der Waals surface area contributed by atoms with Gasteiger partial charge in [-0.05, 0) is 30.6 Å². The number of carbonyl (C=O) groups excluding carboxylic acids is 1. The Balaban J connectivity index is 2.01. The van der Waals surface area contributed by atoms with E-state index in [-0.39, 0.29) is 5.92 Å². The maximum Gasteiger partial charge on any atom is 0.141 e. The van der Waals surface area contributed by atoms with Crippen LogP contribution in [0.5, 0.6) is 0 Å². The molecule has 0 aromatic rings. The molecule has 2 saturated carbocycles. The molecule has 2 fully saturated rings. The van der Waals surface area contributed by atoms with E-state index in [9.17, 15) is 4.79 Å². The molecular weight excluding hydrogens is 176 g/mol. The van der Waals surface area contributed by atoms with E-state index in [0.717, 1.165) is 12.8 Å². The Labute approximate surface area is 86.0 Å². The molecular formula is C12H20O2. The molecule has 2 heteroatoms. The SMILES string of the molecule is COCC1CC[C@@H]2[C@@H](CC2(C)C)C1=O. The largest absolute Gasteiger partial charge is 0.384 e. The number of ether oxygens (including phenoxy) is 1. The van der Waals surface area contributed by atoms with E-state index in [0.29, 0.717) is 29.6 Å². The molecule has 0 spiro atoms. The van der Waals surface area contributed by atoms with Crippen LogP contribution >= 0.6 is 0 Å². The van der Waals surface area contributed by atoms with Gasteiger partial charge in [0.2, 0.25) is 0 Å². The highest BCUT2D eigenvalue weighted by atomic mass is 16.5. The highest BCUT2D eigenvalue weighted by Crippen LogP contribution is 2.56. The van der Waals surface area contributed by atoms with Crippen LogP contribution in [0.3, 0.4) is 0 Å². The first-order valence-electron chi connectivity index (χ1n) is 5.59. The molecule has 3 atom stereocenters. The average Bonchev–Trinajstić information content (AvgIpc) is 2.11. The Bertz CT molecular complexity index is 245. The van der Waals surface area contributed by atoms with Crippen LogP contribution in [-0.4, -0.2) is 19.5 Å². The maximum atomic E-state index is 12.0. The number of methoxy groups -OCH3 is 1. The van der Waals surface area contributed by atoms with Gasteiger partial charge < -0.3 is 4.74 Å². The lowest BCUT2D eigenvalue weighted by atomic mass is 9.49. The van der Waals surface area contributed by atoms with E-state index < -0.39 is 0 Å². The fraction of sp³-hybridized carbons (Fsp3) is 0.917. The summed E-state index contributed by atoms with van der Waals surface area (Å²) in [5, 5.41) is 0. The second-order valence-corrected chi connectivity index (χ2v) is 5.54. The van der Waals surface area contributed by atoms with Gasteiger partial charge >= 0.3 is 0 Å². The summed E-state index contributed by atoms with van der Waals surface area (Å²) in [7, 11) is 1.68. The molecule has 0 bridgehead atoms. The minimum Gasteiger partial charge on any atom is -0.384 e. The predicted octanol–water partition coefficient (Wildman–Crippen LogP) is 2.27. The number of hydrogen-bond acceptors (Lipinski definition) is 2. The Kier molecular flexibility index (Phi) is 2.42. The van der Waals surface area contributed by atoms with Gasteiger partial charge in [0.15, 0.2) is 0 Å². The molecule has 0 saturated heterocycles. The lowest BCUT2D eigenvalue weighted by molar-refractivity contribution is -0.150. The molecule has 2 rings (SSSR count). The van der Waals surface area contributed by atoms with E-state index in [2.05, 4.69) is 13.8 Å². The van der Waals surface area contributed by atoms with Crippen molar-refractivity contribution in [2.24, 2.45) is 23.2 Å². The first-order chi connectivity index (χ1) is 6.56. The zero-order valence-corrected chi connectivity index (χ0v) is 9.38. The van der Waals surface area contributed by atoms with Gasteiger partial charge in [0.1, 0.15) is 5.78 Å². The summed E-state index contributed by atoms with van der Waals surface area (Å²) in [6.07, 6.45) is 3.35. The van der Waals surface area contributed by atoms with Gasteiger partial charge in [-0.2, -0.15) is 0 Å². The number of carbonyl (C=O) groups is 1. The molecule has 2 aliphatic carbocycles. The molecule has 0 amide bonds. The van der Waals surface area contributed by atoms with E-state index in [1.165, 1.54) is 6.42 Å². The quantitative estimate of drug-likeness (QED) is 0.677. The van der Waals surface area contributed by atoms with Crippen LogP contribution in [0.4, 0.5) is 0 Å². The lowest BCUT2D eigenvalue weighted by Crippen LogP contribution is -2.52. The normalized spacial score (nSPS) is 40.2. The first-order valence-corrected chi connectivity index (χ1v) is 5.59. The second-order valence-electron chi connectivity index (χ2n) is 5.54. The van der Waals surface area contributed by atoms with E-state index in [4.69, 9.17) is 4.74 Å². The molecule has 14 heavy (non-hydrogen) atoms. The van der Waals surface area contributed by atoms with Crippen molar-refractivity contribution in [3.8, 4) is 0 Å². The molecule has 1 unspecified atom stereocenters. The molecule has 2 nitrogen and oxygen atoms in total. The van der Waals surface area contributed by atoms with Gasteiger partial charge in [0, 0.05) is 18.9 Å². The Morgan fingerprint density at radius 1 is 1.43 bits per heavy atom. The molecule has 0 aromatic heterocycles. The highest BCUT2D eigenvalue weighted by molar-refractivity contribution is 5.85. The zero-order chi connectivity index (χ0) is 10.3. The molecule has 0 radical (unpaired) electrons. The topological polar surface area (TPSA) is 26.3 Å². The Morgan fingerprint density at radius 3 is 2.71 bits per heavy atom. The third-order valence-corrected chi connectivity index (χ3v) is 4.20. The van der Waals surface area contributed by atoms with Crippen molar-refractivity contribution in [2.75, 3.05) is 13.7 Å².